The molecule has 4 nitrogen and oxygen atoms in total. The number of rotatable bonds is 5. The van der Waals surface area contributed by atoms with E-state index in [0.717, 1.165) is 24.8 Å². The molecule has 0 spiro atoms. The fourth-order valence-electron chi connectivity index (χ4n) is 3.10. The lowest BCUT2D eigenvalue weighted by Crippen LogP contribution is -2.52. The number of carbonyl (C=O) groups excluding carboxylic acids is 1. The predicted octanol–water partition coefficient (Wildman–Crippen LogP) is 2.63. The van der Waals surface area contributed by atoms with Crippen LogP contribution in [0.5, 0.6) is 0 Å². The van der Waals surface area contributed by atoms with Crippen molar-refractivity contribution in [2.24, 2.45) is 11.8 Å². The molecule has 2 aliphatic rings. The highest BCUT2D eigenvalue weighted by Crippen LogP contribution is 2.38. The predicted molar refractivity (Wildman–Crippen MR) is 76.1 cm³/mol. The molecule has 2 fully saturated rings. The van der Waals surface area contributed by atoms with Crippen molar-refractivity contribution in [2.75, 3.05) is 19.7 Å². The van der Waals surface area contributed by atoms with Gasteiger partial charge in [-0.25, -0.2) is 4.79 Å². The summed E-state index contributed by atoms with van der Waals surface area (Å²) < 4.78 is 5.00. The van der Waals surface area contributed by atoms with Gasteiger partial charge in [0.2, 0.25) is 0 Å². The number of likely N-dealkylation sites (tertiary alicyclic amines) is 1. The summed E-state index contributed by atoms with van der Waals surface area (Å²) in [7, 11) is 0. The van der Waals surface area contributed by atoms with Gasteiger partial charge in [0.05, 0.1) is 6.61 Å². The van der Waals surface area contributed by atoms with Gasteiger partial charge < -0.3 is 10.1 Å². The van der Waals surface area contributed by atoms with Crippen molar-refractivity contribution in [3.63, 3.8) is 0 Å². The molecule has 0 radical (unpaired) electrons. The lowest BCUT2D eigenvalue weighted by molar-refractivity contribution is 0.0946. The maximum Gasteiger partial charge on any atom is 0.407 e. The zero-order chi connectivity index (χ0) is 13.8. The van der Waals surface area contributed by atoms with E-state index in [-0.39, 0.29) is 12.1 Å². The lowest BCUT2D eigenvalue weighted by atomic mass is 9.89. The molecule has 0 bridgehead atoms. The Hall–Kier alpha value is -0.770. The van der Waals surface area contributed by atoms with Crippen LogP contribution in [0, 0.1) is 11.8 Å². The highest BCUT2D eigenvalue weighted by Gasteiger charge is 2.33. The Morgan fingerprint density at radius 3 is 2.63 bits per heavy atom. The van der Waals surface area contributed by atoms with Crippen molar-refractivity contribution in [1.82, 2.24) is 10.2 Å². The minimum absolute atomic E-state index is 0.249. The number of amides is 1. The zero-order valence-corrected chi connectivity index (χ0v) is 12.5. The van der Waals surface area contributed by atoms with Crippen LogP contribution in [0.15, 0.2) is 0 Å². The van der Waals surface area contributed by atoms with E-state index in [1.54, 1.807) is 0 Å². The van der Waals surface area contributed by atoms with Crippen LogP contribution in [0.4, 0.5) is 4.79 Å². The van der Waals surface area contributed by atoms with Crippen LogP contribution in [0.2, 0.25) is 0 Å². The summed E-state index contributed by atoms with van der Waals surface area (Å²) in [6, 6.07) is 0.799. The van der Waals surface area contributed by atoms with Crippen molar-refractivity contribution >= 4 is 6.09 Å². The van der Waals surface area contributed by atoms with Gasteiger partial charge in [-0.2, -0.15) is 0 Å². The molecular formula is C15H28N2O2. The summed E-state index contributed by atoms with van der Waals surface area (Å²) in [5.74, 6) is 1.69. The summed E-state index contributed by atoms with van der Waals surface area (Å²) >= 11 is 0. The minimum Gasteiger partial charge on any atom is -0.450 e. The summed E-state index contributed by atoms with van der Waals surface area (Å²) in [6.07, 6.45) is 5.01. The molecule has 1 aliphatic carbocycles. The average molecular weight is 268 g/mol. The van der Waals surface area contributed by atoms with Gasteiger partial charge in [0, 0.05) is 25.2 Å². The third-order valence-electron chi connectivity index (χ3n) is 4.26. The van der Waals surface area contributed by atoms with Gasteiger partial charge in [-0.05, 0) is 45.4 Å². The molecule has 1 N–H and O–H groups in total. The van der Waals surface area contributed by atoms with E-state index in [1.165, 1.54) is 25.8 Å². The fourth-order valence-corrected chi connectivity index (χ4v) is 3.10. The number of ether oxygens (including phenoxy) is 1. The number of piperidine rings is 1. The Kier molecular flexibility index (Phi) is 5.08. The Labute approximate surface area is 116 Å². The van der Waals surface area contributed by atoms with Crippen molar-refractivity contribution < 1.29 is 9.53 Å². The minimum atomic E-state index is -0.261. The summed E-state index contributed by atoms with van der Waals surface area (Å²) in [6.45, 7) is 8.91. The molecule has 0 aromatic carbocycles. The van der Waals surface area contributed by atoms with Gasteiger partial charge >= 0.3 is 6.09 Å². The van der Waals surface area contributed by atoms with Crippen LogP contribution in [-0.4, -0.2) is 42.8 Å². The second-order valence-electron chi connectivity index (χ2n) is 6.39. The monoisotopic (exact) mass is 268 g/mol. The molecule has 2 atom stereocenters. The molecule has 1 aliphatic heterocycles. The maximum atomic E-state index is 11.6. The van der Waals surface area contributed by atoms with Gasteiger partial charge in [0.1, 0.15) is 0 Å². The van der Waals surface area contributed by atoms with E-state index in [9.17, 15) is 4.79 Å². The Morgan fingerprint density at radius 2 is 2.05 bits per heavy atom. The van der Waals surface area contributed by atoms with Crippen LogP contribution in [0.3, 0.4) is 0 Å². The molecule has 0 aromatic rings. The molecule has 0 aromatic heterocycles. The van der Waals surface area contributed by atoms with Crippen LogP contribution in [0.1, 0.15) is 46.5 Å². The first-order chi connectivity index (χ1) is 9.08. The van der Waals surface area contributed by atoms with E-state index in [4.69, 9.17) is 4.74 Å². The van der Waals surface area contributed by atoms with E-state index < -0.39 is 0 Å². The number of nitrogens with one attached hydrogen (secondary N) is 1. The molecule has 110 valence electrons. The zero-order valence-electron chi connectivity index (χ0n) is 12.5. The van der Waals surface area contributed by atoms with Crippen LogP contribution >= 0.6 is 0 Å². The molecular weight excluding hydrogens is 240 g/mol. The number of hydrogen-bond donors (Lipinski definition) is 1. The molecule has 1 saturated heterocycles. The smallest absolute Gasteiger partial charge is 0.407 e. The van der Waals surface area contributed by atoms with Crippen LogP contribution < -0.4 is 5.32 Å². The molecule has 19 heavy (non-hydrogen) atoms. The second kappa shape index (κ2) is 6.60. The van der Waals surface area contributed by atoms with Crippen LogP contribution in [0.25, 0.3) is 0 Å². The normalized spacial score (nSPS) is 28.4. The molecule has 1 saturated carbocycles. The van der Waals surface area contributed by atoms with Gasteiger partial charge in [-0.3, -0.25) is 4.90 Å². The Morgan fingerprint density at radius 1 is 1.32 bits per heavy atom. The second-order valence-corrected chi connectivity index (χ2v) is 6.39. The SMILES string of the molecule is CCOC(=O)NC1CC(CC2CC2)CN(C(C)C)C1. The van der Waals surface area contributed by atoms with E-state index in [2.05, 4.69) is 24.1 Å². The number of nitrogens with zero attached hydrogens (tertiary/aromatic N) is 1. The molecule has 4 heteroatoms. The van der Waals surface area contributed by atoms with Gasteiger partial charge in [0.25, 0.3) is 0 Å². The molecule has 1 amide bonds. The van der Waals surface area contributed by atoms with Crippen molar-refractivity contribution in [3.05, 3.63) is 0 Å². The standard InChI is InChI=1S/C15H28N2O2/c1-4-19-15(18)16-14-8-13(7-12-5-6-12)9-17(10-14)11(2)3/h11-14H,4-10H2,1-3H3,(H,16,18). The molecule has 1 heterocycles. The van der Waals surface area contributed by atoms with Crippen LogP contribution in [-0.2, 0) is 4.74 Å². The average Bonchev–Trinajstić information content (AvgIpc) is 3.12. The first-order valence-electron chi connectivity index (χ1n) is 7.75. The van der Waals surface area contributed by atoms with Crippen molar-refractivity contribution in [2.45, 2.75) is 58.5 Å². The quantitative estimate of drug-likeness (QED) is 0.833. The van der Waals surface area contributed by atoms with Crippen molar-refractivity contribution in [3.8, 4) is 0 Å². The van der Waals surface area contributed by atoms with Gasteiger partial charge in [0.15, 0.2) is 0 Å². The number of carbonyl (C=O) groups is 1. The topological polar surface area (TPSA) is 41.6 Å². The first kappa shape index (κ1) is 14.6. The summed E-state index contributed by atoms with van der Waals surface area (Å²) in [4.78, 5) is 14.1. The third kappa shape index (κ3) is 4.68. The lowest BCUT2D eigenvalue weighted by Gasteiger charge is -2.40. The molecule has 2 rings (SSSR count). The molecule has 2 unspecified atom stereocenters. The van der Waals surface area contributed by atoms with E-state index in [0.29, 0.717) is 12.6 Å². The Balaban J connectivity index is 1.87. The third-order valence-corrected chi connectivity index (χ3v) is 4.26. The maximum absolute atomic E-state index is 11.6. The number of hydrogen-bond acceptors (Lipinski definition) is 3. The highest BCUT2D eigenvalue weighted by atomic mass is 16.5. The van der Waals surface area contributed by atoms with Gasteiger partial charge in [-0.1, -0.05) is 12.8 Å². The fraction of sp³-hybridized carbons (Fsp3) is 0.933. The van der Waals surface area contributed by atoms with E-state index >= 15 is 0 Å². The Bertz CT molecular complexity index is 303. The van der Waals surface area contributed by atoms with E-state index in [1.807, 2.05) is 6.92 Å². The summed E-state index contributed by atoms with van der Waals surface area (Å²) in [5.41, 5.74) is 0. The van der Waals surface area contributed by atoms with Crippen molar-refractivity contribution in [1.29, 1.82) is 0 Å². The number of alkyl carbamates (subject to hydrolysis) is 1. The van der Waals surface area contributed by atoms with Gasteiger partial charge in [-0.15, -0.1) is 0 Å². The largest absolute Gasteiger partial charge is 0.450 e. The first-order valence-corrected chi connectivity index (χ1v) is 7.75. The highest BCUT2D eigenvalue weighted by molar-refractivity contribution is 5.67. The summed E-state index contributed by atoms with van der Waals surface area (Å²) in [5, 5.41) is 3.03.